The number of aryl methyl sites for hydroxylation is 1. The lowest BCUT2D eigenvalue weighted by Gasteiger charge is -2.25. The molecule has 1 aromatic carbocycles. The van der Waals surface area contributed by atoms with Gasteiger partial charge in [0, 0.05) is 35.8 Å². The molecule has 0 amide bonds. The number of aromatic nitrogens is 1. The van der Waals surface area contributed by atoms with Gasteiger partial charge in [-0.1, -0.05) is 0 Å². The fourth-order valence-electron chi connectivity index (χ4n) is 2.67. The molecule has 2 heterocycles. The van der Waals surface area contributed by atoms with Crippen molar-refractivity contribution in [3.63, 3.8) is 0 Å². The van der Waals surface area contributed by atoms with E-state index in [4.69, 9.17) is 0 Å². The molecular formula is C13H15FN2. The third-order valence-electron chi connectivity index (χ3n) is 3.46. The van der Waals surface area contributed by atoms with Crippen molar-refractivity contribution < 1.29 is 4.39 Å². The Kier molecular flexibility index (Phi) is 2.04. The number of nitrogens with zero attached hydrogens (tertiary/aromatic N) is 1. The van der Waals surface area contributed by atoms with Crippen molar-refractivity contribution in [2.75, 3.05) is 6.54 Å². The molecule has 3 heteroatoms. The highest BCUT2D eigenvalue weighted by atomic mass is 19.1. The summed E-state index contributed by atoms with van der Waals surface area (Å²) in [5, 5.41) is 4.51. The van der Waals surface area contributed by atoms with Crippen molar-refractivity contribution in [2.24, 2.45) is 0 Å². The van der Waals surface area contributed by atoms with Gasteiger partial charge in [0.2, 0.25) is 0 Å². The van der Waals surface area contributed by atoms with Crippen molar-refractivity contribution in [3.8, 4) is 0 Å². The van der Waals surface area contributed by atoms with E-state index in [1.807, 2.05) is 13.0 Å². The number of rotatable bonds is 0. The van der Waals surface area contributed by atoms with Gasteiger partial charge in [0.05, 0.1) is 5.52 Å². The molecule has 0 fully saturated rings. The summed E-state index contributed by atoms with van der Waals surface area (Å²) in [7, 11) is 0. The van der Waals surface area contributed by atoms with Crippen molar-refractivity contribution in [1.82, 2.24) is 9.88 Å². The molecule has 2 nitrogen and oxygen atoms in total. The largest absolute Gasteiger partial charge is 0.339 e. The average Bonchev–Trinajstić information content (AvgIpc) is 2.64. The van der Waals surface area contributed by atoms with Gasteiger partial charge in [-0.25, -0.2) is 4.39 Å². The minimum Gasteiger partial charge on any atom is -0.339 e. The predicted octanol–water partition coefficient (Wildman–Crippen LogP) is 2.75. The van der Waals surface area contributed by atoms with E-state index >= 15 is 0 Å². The zero-order chi connectivity index (χ0) is 11.3. The van der Waals surface area contributed by atoms with Crippen LogP contribution in [0.4, 0.5) is 4.39 Å². The Labute approximate surface area is 94.1 Å². The maximum Gasteiger partial charge on any atom is 0.128 e. The van der Waals surface area contributed by atoms with Crippen molar-refractivity contribution in [1.29, 1.82) is 0 Å². The normalized spacial score (nSPS) is 20.1. The summed E-state index contributed by atoms with van der Waals surface area (Å²) in [6, 6.07) is 5.98. The van der Waals surface area contributed by atoms with Crippen LogP contribution in [0.15, 0.2) is 18.2 Å². The molecule has 0 saturated carbocycles. The Morgan fingerprint density at radius 1 is 1.44 bits per heavy atom. The van der Waals surface area contributed by atoms with Gasteiger partial charge in [0.15, 0.2) is 0 Å². The van der Waals surface area contributed by atoms with E-state index in [2.05, 4.69) is 22.9 Å². The van der Waals surface area contributed by atoms with Gasteiger partial charge in [0.1, 0.15) is 5.82 Å². The first-order chi connectivity index (χ1) is 7.68. The molecule has 16 heavy (non-hydrogen) atoms. The van der Waals surface area contributed by atoms with Gasteiger partial charge in [0.25, 0.3) is 0 Å². The molecule has 1 aliphatic rings. The summed E-state index contributed by atoms with van der Waals surface area (Å²) in [4.78, 5) is 0. The second-order valence-corrected chi connectivity index (χ2v) is 4.60. The standard InChI is InChI=1S/C13H15FN2/c1-8-6-15-7-11-5-10-3-4-12(14)9(2)13(10)16(8)11/h3-5,8,15H,6-7H2,1-2H3/t8-/m1/s1. The van der Waals surface area contributed by atoms with E-state index in [1.54, 1.807) is 6.07 Å². The maximum absolute atomic E-state index is 13.6. The third-order valence-corrected chi connectivity index (χ3v) is 3.46. The zero-order valence-corrected chi connectivity index (χ0v) is 9.55. The van der Waals surface area contributed by atoms with Gasteiger partial charge >= 0.3 is 0 Å². The molecule has 0 unspecified atom stereocenters. The minimum atomic E-state index is -0.112. The van der Waals surface area contributed by atoms with E-state index in [9.17, 15) is 4.39 Å². The first kappa shape index (κ1) is 9.85. The molecule has 2 aromatic rings. The lowest BCUT2D eigenvalue weighted by molar-refractivity contribution is 0.438. The molecule has 84 valence electrons. The van der Waals surface area contributed by atoms with Crippen molar-refractivity contribution >= 4 is 10.9 Å². The number of nitrogens with one attached hydrogen (secondary N) is 1. The second kappa shape index (κ2) is 3.32. The fourth-order valence-corrected chi connectivity index (χ4v) is 2.67. The first-order valence-corrected chi connectivity index (χ1v) is 5.68. The molecular weight excluding hydrogens is 203 g/mol. The Morgan fingerprint density at radius 3 is 3.06 bits per heavy atom. The Morgan fingerprint density at radius 2 is 2.25 bits per heavy atom. The van der Waals surface area contributed by atoms with E-state index in [-0.39, 0.29) is 5.82 Å². The highest BCUT2D eigenvalue weighted by molar-refractivity contribution is 5.84. The van der Waals surface area contributed by atoms with Crippen LogP contribution in [0.1, 0.15) is 24.2 Å². The number of fused-ring (bicyclic) bond motifs is 3. The molecule has 0 spiro atoms. The molecule has 1 aromatic heterocycles. The number of halogens is 1. The monoisotopic (exact) mass is 218 g/mol. The first-order valence-electron chi connectivity index (χ1n) is 5.68. The number of benzene rings is 1. The van der Waals surface area contributed by atoms with Crippen molar-refractivity contribution in [3.05, 3.63) is 35.3 Å². The zero-order valence-electron chi connectivity index (χ0n) is 9.55. The van der Waals surface area contributed by atoms with Gasteiger partial charge in [-0.15, -0.1) is 0 Å². The van der Waals surface area contributed by atoms with E-state index < -0.39 is 0 Å². The summed E-state index contributed by atoms with van der Waals surface area (Å²) >= 11 is 0. The quantitative estimate of drug-likeness (QED) is 0.719. The summed E-state index contributed by atoms with van der Waals surface area (Å²) < 4.78 is 15.9. The van der Waals surface area contributed by atoms with E-state index in [0.29, 0.717) is 6.04 Å². The fraction of sp³-hybridized carbons (Fsp3) is 0.385. The predicted molar refractivity (Wildman–Crippen MR) is 63.1 cm³/mol. The van der Waals surface area contributed by atoms with Crippen LogP contribution in [-0.2, 0) is 6.54 Å². The third kappa shape index (κ3) is 1.21. The molecule has 0 radical (unpaired) electrons. The van der Waals surface area contributed by atoms with Crippen LogP contribution in [-0.4, -0.2) is 11.1 Å². The van der Waals surface area contributed by atoms with Gasteiger partial charge in [-0.3, -0.25) is 0 Å². The maximum atomic E-state index is 13.6. The Balaban J connectivity index is 2.40. The molecule has 0 aliphatic carbocycles. The summed E-state index contributed by atoms with van der Waals surface area (Å²) in [5.41, 5.74) is 3.07. The van der Waals surface area contributed by atoms with Gasteiger partial charge < -0.3 is 9.88 Å². The molecule has 1 N–H and O–H groups in total. The van der Waals surface area contributed by atoms with Crippen LogP contribution >= 0.6 is 0 Å². The SMILES string of the molecule is Cc1c(F)ccc2cc3n(c12)[C@H](C)CNC3. The van der Waals surface area contributed by atoms with Crippen LogP contribution in [0.5, 0.6) is 0 Å². The molecule has 0 bridgehead atoms. The van der Waals surface area contributed by atoms with Gasteiger partial charge in [-0.05, 0) is 32.0 Å². The Hall–Kier alpha value is -1.35. The van der Waals surface area contributed by atoms with Crippen LogP contribution < -0.4 is 5.32 Å². The lowest BCUT2D eigenvalue weighted by Crippen LogP contribution is -2.31. The van der Waals surface area contributed by atoms with E-state index in [1.165, 1.54) is 5.69 Å². The highest BCUT2D eigenvalue weighted by Gasteiger charge is 2.20. The number of hydrogen-bond donors (Lipinski definition) is 1. The Bertz CT molecular complexity index is 557. The molecule has 0 saturated heterocycles. The van der Waals surface area contributed by atoms with Crippen LogP contribution in [0.3, 0.4) is 0 Å². The number of hydrogen-bond acceptors (Lipinski definition) is 1. The van der Waals surface area contributed by atoms with E-state index in [0.717, 1.165) is 29.6 Å². The minimum absolute atomic E-state index is 0.112. The molecule has 1 atom stereocenters. The van der Waals surface area contributed by atoms with Crippen LogP contribution in [0, 0.1) is 12.7 Å². The molecule has 3 rings (SSSR count). The molecule has 1 aliphatic heterocycles. The lowest BCUT2D eigenvalue weighted by atomic mass is 10.1. The highest BCUT2D eigenvalue weighted by Crippen LogP contribution is 2.29. The van der Waals surface area contributed by atoms with Crippen LogP contribution in [0.2, 0.25) is 0 Å². The van der Waals surface area contributed by atoms with Gasteiger partial charge in [-0.2, -0.15) is 0 Å². The van der Waals surface area contributed by atoms with Crippen LogP contribution in [0.25, 0.3) is 10.9 Å². The summed E-state index contributed by atoms with van der Waals surface area (Å²) in [6.45, 7) is 5.85. The smallest absolute Gasteiger partial charge is 0.128 e. The topological polar surface area (TPSA) is 17.0 Å². The summed E-state index contributed by atoms with van der Waals surface area (Å²) in [6.07, 6.45) is 0. The second-order valence-electron chi connectivity index (χ2n) is 4.60. The van der Waals surface area contributed by atoms with Crippen molar-refractivity contribution in [2.45, 2.75) is 26.4 Å². The summed E-state index contributed by atoms with van der Waals surface area (Å²) in [5.74, 6) is -0.112. The average molecular weight is 218 g/mol.